The molecule has 1 heterocycles. The van der Waals surface area contributed by atoms with Crippen molar-refractivity contribution in [2.24, 2.45) is 0 Å². The largest absolute Gasteiger partial charge is 0.493 e. The highest BCUT2D eigenvalue weighted by molar-refractivity contribution is 7.89. The van der Waals surface area contributed by atoms with E-state index in [1.807, 2.05) is 6.92 Å². The number of methoxy groups -OCH3 is 2. The van der Waals surface area contributed by atoms with Crippen LogP contribution >= 0.6 is 11.6 Å². The Balaban J connectivity index is 2.32. The fourth-order valence-electron chi connectivity index (χ4n) is 2.51. The molecule has 0 aromatic heterocycles. The molecule has 124 valence electrons. The summed E-state index contributed by atoms with van der Waals surface area (Å²) in [7, 11) is -0.823. The Morgan fingerprint density at radius 3 is 2.50 bits per heavy atom. The zero-order chi connectivity index (χ0) is 16.3. The van der Waals surface area contributed by atoms with Gasteiger partial charge in [0.15, 0.2) is 11.5 Å². The van der Waals surface area contributed by atoms with Gasteiger partial charge in [-0.2, -0.15) is 0 Å². The predicted molar refractivity (Wildman–Crippen MR) is 85.4 cm³/mol. The second-order valence-electron chi connectivity index (χ2n) is 5.25. The molecule has 0 bridgehead atoms. The van der Waals surface area contributed by atoms with Gasteiger partial charge in [-0.25, -0.2) is 13.1 Å². The minimum Gasteiger partial charge on any atom is -0.493 e. The second-order valence-corrected chi connectivity index (χ2v) is 7.34. The number of rotatable bonds is 5. The normalized spacial score (nSPS) is 22.4. The standard InChI is InChI=1S/C14H21ClN2O4S/c1-9-11(5-4-6-16-9)17-22(18,19)14-8-13(21-3)12(20-2)7-10(14)15/h7-9,11,16-17H,4-6H2,1-3H3. The molecule has 1 fully saturated rings. The third-order valence-corrected chi connectivity index (χ3v) is 5.75. The molecule has 1 aromatic carbocycles. The van der Waals surface area contributed by atoms with Crippen molar-refractivity contribution < 1.29 is 17.9 Å². The Morgan fingerprint density at radius 1 is 1.27 bits per heavy atom. The van der Waals surface area contributed by atoms with Gasteiger partial charge in [-0.15, -0.1) is 0 Å². The molecule has 1 saturated heterocycles. The maximum atomic E-state index is 12.6. The van der Waals surface area contributed by atoms with Gasteiger partial charge >= 0.3 is 0 Å². The maximum absolute atomic E-state index is 12.6. The van der Waals surface area contributed by atoms with E-state index in [1.54, 1.807) is 0 Å². The smallest absolute Gasteiger partial charge is 0.242 e. The van der Waals surface area contributed by atoms with E-state index in [4.69, 9.17) is 21.1 Å². The quantitative estimate of drug-likeness (QED) is 0.848. The summed E-state index contributed by atoms with van der Waals surface area (Å²) in [4.78, 5) is -0.00964. The first-order valence-electron chi connectivity index (χ1n) is 7.06. The molecule has 22 heavy (non-hydrogen) atoms. The first kappa shape index (κ1) is 17.3. The van der Waals surface area contributed by atoms with E-state index in [-0.39, 0.29) is 22.0 Å². The molecular formula is C14H21ClN2O4S. The Kier molecular flexibility index (Phi) is 5.55. The van der Waals surface area contributed by atoms with Crippen LogP contribution < -0.4 is 19.5 Å². The molecule has 0 spiro atoms. The Morgan fingerprint density at radius 2 is 1.91 bits per heavy atom. The Hall–Kier alpha value is -1.02. The van der Waals surface area contributed by atoms with E-state index >= 15 is 0 Å². The summed E-state index contributed by atoms with van der Waals surface area (Å²) in [6, 6.07) is 2.73. The number of hydrogen-bond acceptors (Lipinski definition) is 5. The Labute approximate surface area is 136 Å². The minimum absolute atomic E-state index is 0.00964. The lowest BCUT2D eigenvalue weighted by Crippen LogP contribution is -2.51. The summed E-state index contributed by atoms with van der Waals surface area (Å²) >= 11 is 6.11. The lowest BCUT2D eigenvalue weighted by atomic mass is 10.0. The van der Waals surface area contributed by atoms with Gasteiger partial charge in [0.1, 0.15) is 4.90 Å². The lowest BCUT2D eigenvalue weighted by molar-refractivity contribution is 0.347. The molecule has 1 aliphatic heterocycles. The summed E-state index contributed by atoms with van der Waals surface area (Å²) in [5, 5.41) is 3.36. The molecule has 8 heteroatoms. The van der Waals surface area contributed by atoms with Gasteiger partial charge in [0.25, 0.3) is 0 Å². The Bertz CT molecular complexity index is 636. The van der Waals surface area contributed by atoms with Crippen LogP contribution in [0.4, 0.5) is 0 Å². The highest BCUT2D eigenvalue weighted by Gasteiger charge is 2.28. The molecule has 2 rings (SSSR count). The topological polar surface area (TPSA) is 76.7 Å². The molecule has 0 saturated carbocycles. The number of halogens is 1. The van der Waals surface area contributed by atoms with Crippen molar-refractivity contribution in [3.05, 3.63) is 17.2 Å². The van der Waals surface area contributed by atoms with Crippen LogP contribution in [0.25, 0.3) is 0 Å². The number of nitrogens with one attached hydrogen (secondary N) is 2. The van der Waals surface area contributed by atoms with Crippen molar-refractivity contribution >= 4 is 21.6 Å². The molecule has 6 nitrogen and oxygen atoms in total. The van der Waals surface area contributed by atoms with Gasteiger partial charge in [0, 0.05) is 24.2 Å². The SMILES string of the molecule is COc1cc(Cl)c(S(=O)(=O)NC2CCCNC2C)cc1OC. The van der Waals surface area contributed by atoms with Gasteiger partial charge in [-0.1, -0.05) is 11.6 Å². The summed E-state index contributed by atoms with van der Waals surface area (Å²) in [6.07, 6.45) is 1.72. The fourth-order valence-corrected chi connectivity index (χ4v) is 4.39. The van der Waals surface area contributed by atoms with E-state index in [9.17, 15) is 8.42 Å². The zero-order valence-electron chi connectivity index (χ0n) is 12.8. The first-order valence-corrected chi connectivity index (χ1v) is 8.92. The first-order chi connectivity index (χ1) is 10.4. The predicted octanol–water partition coefficient (Wildman–Crippen LogP) is 1.78. The van der Waals surface area contributed by atoms with Crippen LogP contribution in [0.2, 0.25) is 5.02 Å². The third kappa shape index (κ3) is 3.65. The van der Waals surface area contributed by atoms with E-state index in [2.05, 4.69) is 10.0 Å². The van der Waals surface area contributed by atoms with Gasteiger partial charge < -0.3 is 14.8 Å². The summed E-state index contributed by atoms with van der Waals surface area (Å²) in [6.45, 7) is 2.86. The van der Waals surface area contributed by atoms with Crippen LogP contribution in [0.1, 0.15) is 19.8 Å². The molecule has 2 N–H and O–H groups in total. The van der Waals surface area contributed by atoms with Crippen LogP contribution in [-0.2, 0) is 10.0 Å². The molecule has 0 radical (unpaired) electrons. The lowest BCUT2D eigenvalue weighted by Gasteiger charge is -2.30. The molecule has 2 atom stereocenters. The van der Waals surface area contributed by atoms with Crippen molar-refractivity contribution in [1.82, 2.24) is 10.0 Å². The monoisotopic (exact) mass is 348 g/mol. The van der Waals surface area contributed by atoms with Crippen molar-refractivity contribution in [2.45, 2.75) is 36.7 Å². The number of hydrogen-bond donors (Lipinski definition) is 2. The maximum Gasteiger partial charge on any atom is 0.242 e. The van der Waals surface area contributed by atoms with Crippen LogP contribution in [-0.4, -0.2) is 41.3 Å². The van der Waals surface area contributed by atoms with Crippen molar-refractivity contribution in [3.8, 4) is 11.5 Å². The molecule has 1 aliphatic rings. The van der Waals surface area contributed by atoms with E-state index in [1.165, 1.54) is 26.4 Å². The third-order valence-electron chi connectivity index (χ3n) is 3.80. The average molecular weight is 349 g/mol. The second kappa shape index (κ2) is 7.04. The molecule has 0 amide bonds. The summed E-state index contributed by atoms with van der Waals surface area (Å²) < 4.78 is 38.2. The summed E-state index contributed by atoms with van der Waals surface area (Å²) in [5.74, 6) is 0.709. The highest BCUT2D eigenvalue weighted by atomic mass is 35.5. The van der Waals surface area contributed by atoms with E-state index in [0.29, 0.717) is 11.5 Å². The number of benzene rings is 1. The fraction of sp³-hybridized carbons (Fsp3) is 0.571. The van der Waals surface area contributed by atoms with Crippen LogP contribution in [0, 0.1) is 0 Å². The number of ether oxygens (including phenoxy) is 2. The summed E-state index contributed by atoms with van der Waals surface area (Å²) in [5.41, 5.74) is 0. The van der Waals surface area contributed by atoms with Crippen molar-refractivity contribution in [1.29, 1.82) is 0 Å². The molecular weight excluding hydrogens is 328 g/mol. The zero-order valence-corrected chi connectivity index (χ0v) is 14.4. The molecule has 1 aromatic rings. The van der Waals surface area contributed by atoms with Crippen LogP contribution in [0.5, 0.6) is 11.5 Å². The van der Waals surface area contributed by atoms with Crippen molar-refractivity contribution in [3.63, 3.8) is 0 Å². The van der Waals surface area contributed by atoms with Gasteiger partial charge in [0.05, 0.1) is 19.2 Å². The van der Waals surface area contributed by atoms with Gasteiger partial charge in [-0.3, -0.25) is 0 Å². The van der Waals surface area contributed by atoms with E-state index < -0.39 is 10.0 Å². The van der Waals surface area contributed by atoms with Crippen LogP contribution in [0.3, 0.4) is 0 Å². The van der Waals surface area contributed by atoms with Crippen molar-refractivity contribution in [2.75, 3.05) is 20.8 Å². The van der Waals surface area contributed by atoms with Gasteiger partial charge in [-0.05, 0) is 26.3 Å². The van der Waals surface area contributed by atoms with Crippen LogP contribution in [0.15, 0.2) is 17.0 Å². The molecule has 2 unspecified atom stereocenters. The average Bonchev–Trinajstić information content (AvgIpc) is 2.48. The van der Waals surface area contributed by atoms with Gasteiger partial charge in [0.2, 0.25) is 10.0 Å². The van der Waals surface area contributed by atoms with E-state index in [0.717, 1.165) is 19.4 Å². The number of piperidine rings is 1. The minimum atomic E-state index is -3.74. The number of sulfonamides is 1. The highest BCUT2D eigenvalue weighted by Crippen LogP contribution is 2.35. The molecule has 0 aliphatic carbocycles.